The fourth-order valence-corrected chi connectivity index (χ4v) is 4.67. The van der Waals surface area contributed by atoms with Gasteiger partial charge in [-0.25, -0.2) is 9.97 Å². The molecule has 3 aromatic rings. The Morgan fingerprint density at radius 3 is 2.44 bits per heavy atom. The van der Waals surface area contributed by atoms with E-state index in [2.05, 4.69) is 62.3 Å². The lowest BCUT2D eigenvalue weighted by Crippen LogP contribution is -2.38. The molecular weight excluding hydrogens is 426 g/mol. The van der Waals surface area contributed by atoms with Crippen LogP contribution in [0.1, 0.15) is 18.4 Å². The van der Waals surface area contributed by atoms with E-state index in [1.54, 1.807) is 6.33 Å². The first-order valence-corrected chi connectivity index (χ1v) is 12.0. The van der Waals surface area contributed by atoms with E-state index in [1.807, 2.05) is 24.3 Å². The van der Waals surface area contributed by atoms with Crippen LogP contribution >= 0.6 is 0 Å². The highest BCUT2D eigenvalue weighted by atomic mass is 16.5. The summed E-state index contributed by atoms with van der Waals surface area (Å²) in [6, 6.07) is 18.5. The Balaban J connectivity index is 1.16. The molecule has 34 heavy (non-hydrogen) atoms. The van der Waals surface area contributed by atoms with Crippen molar-refractivity contribution in [1.29, 1.82) is 0 Å². The van der Waals surface area contributed by atoms with E-state index < -0.39 is 0 Å². The zero-order chi connectivity index (χ0) is 23.3. The lowest BCUT2D eigenvalue weighted by molar-refractivity contribution is -0.120. The zero-order valence-electron chi connectivity index (χ0n) is 19.6. The van der Waals surface area contributed by atoms with Gasteiger partial charge in [-0.1, -0.05) is 23.8 Å². The predicted molar refractivity (Wildman–Crippen MR) is 135 cm³/mol. The van der Waals surface area contributed by atoms with Crippen molar-refractivity contribution in [1.82, 2.24) is 9.97 Å². The van der Waals surface area contributed by atoms with E-state index in [-0.39, 0.29) is 11.8 Å². The molecule has 1 aromatic heterocycles. The summed E-state index contributed by atoms with van der Waals surface area (Å²) < 4.78 is 5.42. The van der Waals surface area contributed by atoms with Crippen LogP contribution < -0.4 is 15.1 Å². The number of aromatic nitrogens is 2. The molecule has 0 atom stereocenters. The molecular formula is C27H31N5O2. The van der Waals surface area contributed by atoms with Crippen LogP contribution in [-0.4, -0.2) is 55.3 Å². The topological polar surface area (TPSA) is 70.6 Å². The van der Waals surface area contributed by atoms with Crippen molar-refractivity contribution in [2.75, 3.05) is 54.5 Å². The minimum atomic E-state index is 0.00764. The van der Waals surface area contributed by atoms with Gasteiger partial charge >= 0.3 is 0 Å². The van der Waals surface area contributed by atoms with Gasteiger partial charge in [0.25, 0.3) is 0 Å². The highest BCUT2D eigenvalue weighted by molar-refractivity contribution is 5.92. The number of benzene rings is 2. The number of hydrogen-bond acceptors (Lipinski definition) is 6. The SMILES string of the molecule is Cc1cccc(-c2cc(N3CCC(C(=O)Nc4ccc(N5CCOCC5)cc4)CC3)ncn2)c1. The van der Waals surface area contributed by atoms with Crippen LogP contribution in [0.4, 0.5) is 17.2 Å². The van der Waals surface area contributed by atoms with Crippen molar-refractivity contribution in [2.24, 2.45) is 5.92 Å². The van der Waals surface area contributed by atoms with E-state index in [0.29, 0.717) is 0 Å². The summed E-state index contributed by atoms with van der Waals surface area (Å²) in [5.41, 5.74) is 5.25. The van der Waals surface area contributed by atoms with Crippen molar-refractivity contribution in [3.8, 4) is 11.3 Å². The Kier molecular flexibility index (Phi) is 6.72. The molecule has 3 heterocycles. The number of nitrogens with one attached hydrogen (secondary N) is 1. The summed E-state index contributed by atoms with van der Waals surface area (Å²) in [7, 11) is 0. The molecule has 0 saturated carbocycles. The van der Waals surface area contributed by atoms with E-state index >= 15 is 0 Å². The molecule has 176 valence electrons. The fourth-order valence-electron chi connectivity index (χ4n) is 4.67. The van der Waals surface area contributed by atoms with Crippen LogP contribution in [0.2, 0.25) is 0 Å². The lowest BCUT2D eigenvalue weighted by Gasteiger charge is -2.32. The molecule has 1 N–H and O–H groups in total. The van der Waals surface area contributed by atoms with Crippen molar-refractivity contribution >= 4 is 23.1 Å². The molecule has 0 spiro atoms. The third-order valence-electron chi connectivity index (χ3n) is 6.67. The number of hydrogen-bond donors (Lipinski definition) is 1. The second kappa shape index (κ2) is 10.2. The summed E-state index contributed by atoms with van der Waals surface area (Å²) >= 11 is 0. The minimum Gasteiger partial charge on any atom is -0.378 e. The molecule has 5 rings (SSSR count). The number of amides is 1. The summed E-state index contributed by atoms with van der Waals surface area (Å²) in [5.74, 6) is 1.03. The smallest absolute Gasteiger partial charge is 0.227 e. The average molecular weight is 458 g/mol. The zero-order valence-corrected chi connectivity index (χ0v) is 19.6. The number of piperidine rings is 1. The number of carbonyl (C=O) groups excluding carboxylic acids is 1. The van der Waals surface area contributed by atoms with Crippen LogP contribution in [0.3, 0.4) is 0 Å². The normalized spacial score (nSPS) is 17.0. The molecule has 0 aliphatic carbocycles. The molecule has 1 amide bonds. The van der Waals surface area contributed by atoms with Gasteiger partial charge in [0.2, 0.25) is 5.91 Å². The maximum atomic E-state index is 12.9. The molecule has 2 fully saturated rings. The van der Waals surface area contributed by atoms with Gasteiger partial charge in [-0.3, -0.25) is 4.79 Å². The second-order valence-corrected chi connectivity index (χ2v) is 9.03. The summed E-state index contributed by atoms with van der Waals surface area (Å²) in [5, 5.41) is 3.11. The first-order chi connectivity index (χ1) is 16.7. The second-order valence-electron chi connectivity index (χ2n) is 9.03. The third kappa shape index (κ3) is 5.20. The van der Waals surface area contributed by atoms with Crippen LogP contribution in [0, 0.1) is 12.8 Å². The monoisotopic (exact) mass is 457 g/mol. The Bertz CT molecular complexity index is 1120. The largest absolute Gasteiger partial charge is 0.378 e. The Hall–Kier alpha value is -3.45. The van der Waals surface area contributed by atoms with E-state index in [4.69, 9.17) is 4.74 Å². The van der Waals surface area contributed by atoms with Gasteiger partial charge in [-0.05, 0) is 50.1 Å². The number of ether oxygens (including phenoxy) is 1. The van der Waals surface area contributed by atoms with Gasteiger partial charge in [0.15, 0.2) is 0 Å². The predicted octanol–water partition coefficient (Wildman–Crippen LogP) is 4.14. The van der Waals surface area contributed by atoms with Gasteiger partial charge in [0, 0.05) is 55.1 Å². The third-order valence-corrected chi connectivity index (χ3v) is 6.67. The number of morpholine rings is 1. The number of aryl methyl sites for hydroxylation is 1. The van der Waals surface area contributed by atoms with Gasteiger partial charge in [0.1, 0.15) is 12.1 Å². The maximum Gasteiger partial charge on any atom is 0.227 e. The Labute approximate surface area is 200 Å². The van der Waals surface area contributed by atoms with E-state index in [9.17, 15) is 4.79 Å². The van der Waals surface area contributed by atoms with Crippen LogP contribution in [0.25, 0.3) is 11.3 Å². The van der Waals surface area contributed by atoms with E-state index in [1.165, 1.54) is 11.3 Å². The average Bonchev–Trinajstić information content (AvgIpc) is 2.90. The number of rotatable bonds is 5. The molecule has 0 radical (unpaired) electrons. The standard InChI is InChI=1S/C27H31N5O2/c1-20-3-2-4-22(17-20)25-18-26(29-19-28-25)32-11-9-21(10-12-32)27(33)30-23-5-7-24(8-6-23)31-13-15-34-16-14-31/h2-8,17-19,21H,9-16H2,1H3,(H,30,33). The number of anilines is 3. The van der Waals surface area contributed by atoms with Crippen molar-refractivity contribution in [2.45, 2.75) is 19.8 Å². The summed E-state index contributed by atoms with van der Waals surface area (Å²) in [4.78, 5) is 26.4. The number of carbonyl (C=O) groups is 1. The molecule has 2 aliphatic rings. The fraction of sp³-hybridized carbons (Fsp3) is 0.370. The summed E-state index contributed by atoms with van der Waals surface area (Å²) in [6.45, 7) is 7.03. The molecule has 2 saturated heterocycles. The highest BCUT2D eigenvalue weighted by Gasteiger charge is 2.26. The van der Waals surface area contributed by atoms with Crippen LogP contribution in [0.5, 0.6) is 0 Å². The highest BCUT2D eigenvalue weighted by Crippen LogP contribution is 2.27. The first-order valence-electron chi connectivity index (χ1n) is 12.0. The quantitative estimate of drug-likeness (QED) is 0.621. The molecule has 7 nitrogen and oxygen atoms in total. The van der Waals surface area contributed by atoms with Crippen molar-refractivity contribution < 1.29 is 9.53 Å². The van der Waals surface area contributed by atoms with E-state index in [0.717, 1.165) is 75.0 Å². The maximum absolute atomic E-state index is 12.9. The Morgan fingerprint density at radius 2 is 1.71 bits per heavy atom. The van der Waals surface area contributed by atoms with Crippen LogP contribution in [-0.2, 0) is 9.53 Å². The van der Waals surface area contributed by atoms with Gasteiger partial charge in [-0.2, -0.15) is 0 Å². The van der Waals surface area contributed by atoms with Gasteiger partial charge < -0.3 is 19.9 Å². The molecule has 2 aromatic carbocycles. The lowest BCUT2D eigenvalue weighted by atomic mass is 9.95. The molecule has 2 aliphatic heterocycles. The van der Waals surface area contributed by atoms with Gasteiger partial charge in [-0.15, -0.1) is 0 Å². The Morgan fingerprint density at radius 1 is 0.941 bits per heavy atom. The summed E-state index contributed by atoms with van der Waals surface area (Å²) in [6.07, 6.45) is 3.25. The van der Waals surface area contributed by atoms with Crippen LogP contribution in [0.15, 0.2) is 60.9 Å². The number of nitrogens with zero attached hydrogens (tertiary/aromatic N) is 4. The molecule has 0 bridgehead atoms. The molecule has 0 unspecified atom stereocenters. The van der Waals surface area contributed by atoms with Crippen molar-refractivity contribution in [3.05, 3.63) is 66.5 Å². The van der Waals surface area contributed by atoms with Gasteiger partial charge in [0.05, 0.1) is 18.9 Å². The van der Waals surface area contributed by atoms with Crippen molar-refractivity contribution in [3.63, 3.8) is 0 Å². The first kappa shape index (κ1) is 22.3. The molecule has 7 heteroatoms. The minimum absolute atomic E-state index is 0.00764.